The summed E-state index contributed by atoms with van der Waals surface area (Å²) in [4.78, 5) is 28.8. The summed E-state index contributed by atoms with van der Waals surface area (Å²) in [6, 6.07) is 11.1. The van der Waals surface area contributed by atoms with E-state index in [9.17, 15) is 14.0 Å². The molecule has 0 fully saturated rings. The van der Waals surface area contributed by atoms with Crippen LogP contribution < -0.4 is 9.54 Å². The minimum Gasteiger partial charge on any atom is -0.497 e. The number of hydrogen-bond acceptors (Lipinski definition) is 5. The number of fused-ring (bicyclic) bond motifs is 1. The van der Waals surface area contributed by atoms with Crippen molar-refractivity contribution >= 4 is 33.4 Å². The molecule has 2 aromatic carbocycles. The third-order valence-corrected chi connectivity index (χ3v) is 4.80. The number of amides is 1. The van der Waals surface area contributed by atoms with Crippen molar-refractivity contribution in [2.24, 2.45) is 4.99 Å². The Labute approximate surface area is 158 Å². The standard InChI is InChI=1S/C19H17FN2O4S/c1-3-26-16(23)11-22-17-14(20)8-5-9-15(17)27-19(22)21-18(24)12-6-4-7-13(10-12)25-2/h4-10H,3,11H2,1-2H3. The molecular formula is C19H17FN2O4S. The minimum absolute atomic E-state index is 0.208. The second-order valence-electron chi connectivity index (χ2n) is 5.51. The van der Waals surface area contributed by atoms with Crippen molar-refractivity contribution in [2.75, 3.05) is 13.7 Å². The van der Waals surface area contributed by atoms with Gasteiger partial charge in [-0.3, -0.25) is 9.59 Å². The number of carbonyl (C=O) groups is 2. The molecule has 8 heteroatoms. The Balaban J connectivity index is 2.11. The molecule has 1 amide bonds. The van der Waals surface area contributed by atoms with Crippen molar-refractivity contribution in [1.29, 1.82) is 0 Å². The van der Waals surface area contributed by atoms with Crippen LogP contribution in [0.1, 0.15) is 17.3 Å². The first-order valence-electron chi connectivity index (χ1n) is 8.20. The summed E-state index contributed by atoms with van der Waals surface area (Å²) >= 11 is 1.13. The van der Waals surface area contributed by atoms with Gasteiger partial charge >= 0.3 is 5.97 Å². The molecule has 0 spiro atoms. The van der Waals surface area contributed by atoms with Crippen molar-refractivity contribution in [3.8, 4) is 5.75 Å². The van der Waals surface area contributed by atoms with E-state index in [0.29, 0.717) is 16.0 Å². The smallest absolute Gasteiger partial charge is 0.326 e. The van der Waals surface area contributed by atoms with Gasteiger partial charge in [-0.25, -0.2) is 4.39 Å². The molecule has 0 aliphatic rings. The largest absolute Gasteiger partial charge is 0.497 e. The number of nitrogens with zero attached hydrogens (tertiary/aromatic N) is 2. The lowest BCUT2D eigenvalue weighted by molar-refractivity contribution is -0.143. The van der Waals surface area contributed by atoms with Crippen molar-refractivity contribution in [3.63, 3.8) is 0 Å². The molecule has 0 aliphatic carbocycles. The lowest BCUT2D eigenvalue weighted by atomic mass is 10.2. The predicted octanol–water partition coefficient (Wildman–Crippen LogP) is 3.15. The number of esters is 1. The Bertz CT molecular complexity index is 1070. The SMILES string of the molecule is CCOC(=O)Cn1c(=NC(=O)c2cccc(OC)c2)sc2cccc(F)c21. The number of thiazole rings is 1. The molecule has 3 rings (SSSR count). The molecule has 0 unspecified atom stereocenters. The van der Waals surface area contributed by atoms with Gasteiger partial charge in [-0.15, -0.1) is 0 Å². The zero-order valence-corrected chi connectivity index (χ0v) is 15.6. The van der Waals surface area contributed by atoms with Crippen LogP contribution in [-0.4, -0.2) is 30.2 Å². The van der Waals surface area contributed by atoms with Crippen molar-refractivity contribution in [2.45, 2.75) is 13.5 Å². The Kier molecular flexibility index (Phi) is 5.66. The maximum absolute atomic E-state index is 14.3. The van der Waals surface area contributed by atoms with Crippen molar-refractivity contribution in [1.82, 2.24) is 4.57 Å². The molecule has 140 valence electrons. The van der Waals surface area contributed by atoms with E-state index in [0.717, 1.165) is 11.3 Å². The number of aromatic nitrogens is 1. The van der Waals surface area contributed by atoms with Crippen LogP contribution in [0.15, 0.2) is 47.5 Å². The van der Waals surface area contributed by atoms with Crippen LogP contribution in [0.25, 0.3) is 10.2 Å². The molecule has 0 saturated carbocycles. The molecule has 3 aromatic rings. The van der Waals surface area contributed by atoms with Crippen LogP contribution in [0.5, 0.6) is 5.75 Å². The van der Waals surface area contributed by atoms with Crippen LogP contribution in [0.4, 0.5) is 4.39 Å². The van der Waals surface area contributed by atoms with Gasteiger partial charge < -0.3 is 14.0 Å². The minimum atomic E-state index is -0.532. The molecule has 0 aliphatic heterocycles. The van der Waals surface area contributed by atoms with E-state index in [4.69, 9.17) is 9.47 Å². The summed E-state index contributed by atoms with van der Waals surface area (Å²) in [5.41, 5.74) is 0.544. The highest BCUT2D eigenvalue weighted by atomic mass is 32.1. The third-order valence-electron chi connectivity index (χ3n) is 3.76. The zero-order chi connectivity index (χ0) is 19.4. The van der Waals surface area contributed by atoms with E-state index in [-0.39, 0.29) is 23.5 Å². The van der Waals surface area contributed by atoms with Gasteiger partial charge in [-0.1, -0.05) is 23.5 Å². The maximum atomic E-state index is 14.3. The molecule has 27 heavy (non-hydrogen) atoms. The van der Waals surface area contributed by atoms with Gasteiger partial charge in [-0.05, 0) is 37.3 Å². The average Bonchev–Trinajstić information content (AvgIpc) is 3.00. The van der Waals surface area contributed by atoms with Gasteiger partial charge in [0, 0.05) is 5.56 Å². The van der Waals surface area contributed by atoms with Gasteiger partial charge in [0.05, 0.1) is 23.9 Å². The van der Waals surface area contributed by atoms with Gasteiger partial charge in [0.2, 0.25) is 0 Å². The summed E-state index contributed by atoms with van der Waals surface area (Å²) in [5, 5.41) is 0. The fraction of sp³-hybridized carbons (Fsp3) is 0.211. The van der Waals surface area contributed by atoms with Crippen LogP contribution >= 0.6 is 11.3 Å². The number of ether oxygens (including phenoxy) is 2. The van der Waals surface area contributed by atoms with Crippen LogP contribution in [0, 0.1) is 5.82 Å². The van der Waals surface area contributed by atoms with Crippen molar-refractivity contribution < 1.29 is 23.5 Å². The lowest BCUT2D eigenvalue weighted by Crippen LogP contribution is -2.23. The normalized spacial score (nSPS) is 11.6. The van der Waals surface area contributed by atoms with E-state index in [1.165, 1.54) is 17.7 Å². The summed E-state index contributed by atoms with van der Waals surface area (Å²) in [6.07, 6.45) is 0. The maximum Gasteiger partial charge on any atom is 0.326 e. The number of para-hydroxylation sites is 1. The fourth-order valence-electron chi connectivity index (χ4n) is 2.56. The van der Waals surface area contributed by atoms with E-state index in [1.807, 2.05) is 0 Å². The number of methoxy groups -OCH3 is 1. The number of carbonyl (C=O) groups excluding carboxylic acids is 2. The third kappa shape index (κ3) is 4.06. The fourth-order valence-corrected chi connectivity index (χ4v) is 3.60. The van der Waals surface area contributed by atoms with Gasteiger partial charge in [0.25, 0.3) is 5.91 Å². The van der Waals surface area contributed by atoms with E-state index in [1.54, 1.807) is 43.3 Å². The summed E-state index contributed by atoms with van der Waals surface area (Å²) in [5.74, 6) is -1.02. The van der Waals surface area contributed by atoms with Gasteiger partial charge in [0.15, 0.2) is 4.80 Å². The van der Waals surface area contributed by atoms with E-state index >= 15 is 0 Å². The van der Waals surface area contributed by atoms with Crippen molar-refractivity contribution in [3.05, 3.63) is 58.6 Å². The lowest BCUT2D eigenvalue weighted by Gasteiger charge is -2.05. The average molecular weight is 388 g/mol. The molecule has 0 bridgehead atoms. The second-order valence-corrected chi connectivity index (χ2v) is 6.52. The summed E-state index contributed by atoms with van der Waals surface area (Å²) < 4.78 is 26.4. The second kappa shape index (κ2) is 8.13. The molecule has 0 radical (unpaired) electrons. The number of halogens is 1. The Morgan fingerprint density at radius 2 is 2.00 bits per heavy atom. The van der Waals surface area contributed by atoms with Crippen LogP contribution in [0.2, 0.25) is 0 Å². The first-order chi connectivity index (χ1) is 13.0. The summed E-state index contributed by atoms with van der Waals surface area (Å²) in [7, 11) is 1.50. The van der Waals surface area contributed by atoms with E-state index < -0.39 is 17.7 Å². The molecule has 0 atom stereocenters. The first-order valence-corrected chi connectivity index (χ1v) is 9.01. The summed E-state index contributed by atoms with van der Waals surface area (Å²) in [6.45, 7) is 1.66. The first kappa shape index (κ1) is 18.8. The van der Waals surface area contributed by atoms with Crippen LogP contribution in [0.3, 0.4) is 0 Å². The highest BCUT2D eigenvalue weighted by molar-refractivity contribution is 7.16. The molecule has 1 aromatic heterocycles. The predicted molar refractivity (Wildman–Crippen MR) is 99.3 cm³/mol. The number of hydrogen-bond donors (Lipinski definition) is 0. The Morgan fingerprint density at radius 1 is 1.22 bits per heavy atom. The number of rotatable bonds is 5. The molecular weight excluding hydrogens is 371 g/mol. The molecule has 1 heterocycles. The molecule has 6 nitrogen and oxygen atoms in total. The van der Waals surface area contributed by atoms with Gasteiger partial charge in [0.1, 0.15) is 18.1 Å². The Hall–Kier alpha value is -3.00. The zero-order valence-electron chi connectivity index (χ0n) is 14.8. The molecule has 0 N–H and O–H groups in total. The van der Waals surface area contributed by atoms with E-state index in [2.05, 4.69) is 4.99 Å². The quantitative estimate of drug-likeness (QED) is 0.630. The number of benzene rings is 2. The topological polar surface area (TPSA) is 69.9 Å². The highest BCUT2D eigenvalue weighted by Crippen LogP contribution is 2.21. The van der Waals surface area contributed by atoms with Gasteiger partial charge in [-0.2, -0.15) is 4.99 Å². The highest BCUT2D eigenvalue weighted by Gasteiger charge is 2.15. The monoisotopic (exact) mass is 388 g/mol. The Morgan fingerprint density at radius 3 is 2.74 bits per heavy atom. The van der Waals surface area contributed by atoms with Crippen LogP contribution in [-0.2, 0) is 16.1 Å². The molecule has 0 saturated heterocycles.